The van der Waals surface area contributed by atoms with Crippen LogP contribution in [0.3, 0.4) is 0 Å². The van der Waals surface area contributed by atoms with Gasteiger partial charge in [0.25, 0.3) is 0 Å². The van der Waals surface area contributed by atoms with Crippen molar-refractivity contribution in [2.24, 2.45) is 0 Å². The third kappa shape index (κ3) is 2.94. The molecule has 0 unspecified atom stereocenters. The monoisotopic (exact) mass is 372 g/mol. The molecule has 0 atom stereocenters. The highest BCUT2D eigenvalue weighted by atomic mass is 35.5. The summed E-state index contributed by atoms with van der Waals surface area (Å²) in [5.41, 5.74) is 1.86. The molecule has 0 aliphatic rings. The molecule has 2 aromatic carbocycles. The van der Waals surface area contributed by atoms with Crippen molar-refractivity contribution in [3.05, 3.63) is 69.1 Å². The molecule has 0 aliphatic heterocycles. The molecule has 7 heteroatoms. The standard InChI is InChI=1S/C17H10Cl2N4S/c18-12-7-8-13(14(19)10-12)16-20-21-17-23(16)22-15(24-17)9-6-11-4-2-1-3-5-11/h1-10H. The van der Waals surface area contributed by atoms with E-state index in [0.717, 1.165) is 16.1 Å². The Bertz CT molecular complexity index is 1040. The van der Waals surface area contributed by atoms with Crippen LogP contribution in [0.2, 0.25) is 10.0 Å². The van der Waals surface area contributed by atoms with Gasteiger partial charge < -0.3 is 0 Å². The van der Waals surface area contributed by atoms with Crippen LogP contribution in [0.4, 0.5) is 0 Å². The summed E-state index contributed by atoms with van der Waals surface area (Å²) < 4.78 is 1.70. The molecule has 0 fully saturated rings. The molecule has 4 rings (SSSR count). The molecular weight excluding hydrogens is 363 g/mol. The Morgan fingerprint density at radius 1 is 0.958 bits per heavy atom. The second kappa shape index (κ2) is 6.36. The van der Waals surface area contributed by atoms with Crippen LogP contribution in [0.25, 0.3) is 28.5 Å². The fourth-order valence-corrected chi connectivity index (χ4v) is 3.50. The van der Waals surface area contributed by atoms with Gasteiger partial charge in [0.15, 0.2) is 5.82 Å². The van der Waals surface area contributed by atoms with Gasteiger partial charge >= 0.3 is 0 Å². The lowest BCUT2D eigenvalue weighted by Crippen LogP contribution is -1.91. The fraction of sp³-hybridized carbons (Fsp3) is 0. The van der Waals surface area contributed by atoms with Crippen molar-refractivity contribution in [1.29, 1.82) is 0 Å². The number of fused-ring (bicyclic) bond motifs is 1. The van der Waals surface area contributed by atoms with Crippen molar-refractivity contribution in [3.8, 4) is 11.4 Å². The average Bonchev–Trinajstić information content (AvgIpc) is 3.15. The van der Waals surface area contributed by atoms with E-state index in [1.807, 2.05) is 48.6 Å². The second-order valence-electron chi connectivity index (χ2n) is 5.03. The van der Waals surface area contributed by atoms with E-state index in [1.54, 1.807) is 16.6 Å². The number of halogens is 2. The lowest BCUT2D eigenvalue weighted by atomic mass is 10.2. The van der Waals surface area contributed by atoms with Crippen LogP contribution in [-0.2, 0) is 0 Å². The Morgan fingerprint density at radius 2 is 1.79 bits per heavy atom. The third-order valence-corrected chi connectivity index (χ3v) is 4.81. The van der Waals surface area contributed by atoms with Gasteiger partial charge in [-0.2, -0.15) is 9.61 Å². The minimum Gasteiger partial charge on any atom is -0.182 e. The topological polar surface area (TPSA) is 43.1 Å². The molecule has 4 nitrogen and oxygen atoms in total. The van der Waals surface area contributed by atoms with Crippen LogP contribution in [0.1, 0.15) is 10.6 Å². The van der Waals surface area contributed by atoms with Gasteiger partial charge in [0.2, 0.25) is 4.96 Å². The highest BCUT2D eigenvalue weighted by Crippen LogP contribution is 2.30. The van der Waals surface area contributed by atoms with Gasteiger partial charge in [0.1, 0.15) is 5.01 Å². The summed E-state index contributed by atoms with van der Waals surface area (Å²) in [7, 11) is 0. The van der Waals surface area contributed by atoms with Gasteiger partial charge in [-0.25, -0.2) is 0 Å². The van der Waals surface area contributed by atoms with Crippen molar-refractivity contribution in [1.82, 2.24) is 19.8 Å². The van der Waals surface area contributed by atoms with E-state index in [9.17, 15) is 0 Å². The molecule has 0 bridgehead atoms. The minimum atomic E-state index is 0.520. The number of hydrogen-bond acceptors (Lipinski definition) is 4. The Morgan fingerprint density at radius 3 is 2.58 bits per heavy atom. The summed E-state index contributed by atoms with van der Waals surface area (Å²) in [6, 6.07) is 15.3. The zero-order chi connectivity index (χ0) is 16.5. The molecule has 0 saturated carbocycles. The van der Waals surface area contributed by atoms with E-state index in [1.165, 1.54) is 11.3 Å². The van der Waals surface area contributed by atoms with Gasteiger partial charge in [0, 0.05) is 10.6 Å². The highest BCUT2D eigenvalue weighted by Gasteiger charge is 2.15. The van der Waals surface area contributed by atoms with E-state index in [4.69, 9.17) is 23.2 Å². The quantitative estimate of drug-likeness (QED) is 0.488. The first kappa shape index (κ1) is 15.3. The summed E-state index contributed by atoms with van der Waals surface area (Å²) in [6.45, 7) is 0. The number of aromatic nitrogens is 4. The molecule has 2 heterocycles. The maximum Gasteiger partial charge on any atom is 0.235 e. The van der Waals surface area contributed by atoms with Gasteiger partial charge in [-0.05, 0) is 29.8 Å². The van der Waals surface area contributed by atoms with Crippen LogP contribution in [0.15, 0.2) is 48.5 Å². The fourth-order valence-electron chi connectivity index (χ4n) is 2.27. The predicted octanol–water partition coefficient (Wildman–Crippen LogP) is 5.33. The van der Waals surface area contributed by atoms with E-state index in [0.29, 0.717) is 20.8 Å². The van der Waals surface area contributed by atoms with Crippen LogP contribution in [-0.4, -0.2) is 19.8 Å². The van der Waals surface area contributed by atoms with E-state index in [2.05, 4.69) is 15.3 Å². The SMILES string of the molecule is Clc1ccc(-c2nnc3sc(C=Cc4ccccc4)nn23)c(Cl)c1. The molecule has 0 radical (unpaired) electrons. The minimum absolute atomic E-state index is 0.520. The molecule has 0 spiro atoms. The summed E-state index contributed by atoms with van der Waals surface area (Å²) in [5, 5.41) is 14.9. The van der Waals surface area contributed by atoms with Crippen molar-refractivity contribution in [3.63, 3.8) is 0 Å². The summed E-state index contributed by atoms with van der Waals surface area (Å²) >= 11 is 13.7. The van der Waals surface area contributed by atoms with E-state index < -0.39 is 0 Å². The molecule has 2 aromatic heterocycles. The Hall–Kier alpha value is -2.21. The van der Waals surface area contributed by atoms with Gasteiger partial charge in [-0.3, -0.25) is 0 Å². The maximum atomic E-state index is 6.27. The van der Waals surface area contributed by atoms with Crippen molar-refractivity contribution < 1.29 is 0 Å². The maximum absolute atomic E-state index is 6.27. The second-order valence-corrected chi connectivity index (χ2v) is 6.86. The molecule has 24 heavy (non-hydrogen) atoms. The first-order valence-electron chi connectivity index (χ1n) is 7.11. The predicted molar refractivity (Wildman–Crippen MR) is 99.5 cm³/mol. The first-order valence-corrected chi connectivity index (χ1v) is 8.69. The lowest BCUT2D eigenvalue weighted by Gasteiger charge is -2.00. The Labute approximate surface area is 152 Å². The van der Waals surface area contributed by atoms with Crippen molar-refractivity contribution >= 4 is 51.7 Å². The van der Waals surface area contributed by atoms with E-state index >= 15 is 0 Å². The molecule has 0 amide bonds. The highest BCUT2D eigenvalue weighted by molar-refractivity contribution is 7.17. The summed E-state index contributed by atoms with van der Waals surface area (Å²) in [5.74, 6) is 0.599. The number of hydrogen-bond donors (Lipinski definition) is 0. The van der Waals surface area contributed by atoms with Crippen LogP contribution in [0, 0.1) is 0 Å². The van der Waals surface area contributed by atoms with Gasteiger partial charge in [-0.15, -0.1) is 10.2 Å². The lowest BCUT2D eigenvalue weighted by molar-refractivity contribution is 0.960. The zero-order valence-electron chi connectivity index (χ0n) is 12.2. The zero-order valence-corrected chi connectivity index (χ0v) is 14.6. The molecule has 0 N–H and O–H groups in total. The largest absolute Gasteiger partial charge is 0.235 e. The average molecular weight is 373 g/mol. The molecular formula is C17H10Cl2N4S. The number of rotatable bonds is 3. The normalized spacial score (nSPS) is 11.6. The van der Waals surface area contributed by atoms with Crippen LogP contribution in [0.5, 0.6) is 0 Å². The first-order chi connectivity index (χ1) is 11.7. The van der Waals surface area contributed by atoms with Gasteiger partial charge in [-0.1, -0.05) is 70.9 Å². The van der Waals surface area contributed by atoms with Gasteiger partial charge in [0.05, 0.1) is 5.02 Å². The summed E-state index contributed by atoms with van der Waals surface area (Å²) in [4.78, 5) is 0.712. The molecule has 4 aromatic rings. The molecule has 0 aliphatic carbocycles. The van der Waals surface area contributed by atoms with Crippen molar-refractivity contribution in [2.45, 2.75) is 0 Å². The van der Waals surface area contributed by atoms with Crippen LogP contribution >= 0.6 is 34.5 Å². The molecule has 118 valence electrons. The Kier molecular flexibility index (Phi) is 4.06. The third-order valence-electron chi connectivity index (χ3n) is 3.40. The number of benzene rings is 2. The summed E-state index contributed by atoms with van der Waals surface area (Å²) in [6.07, 6.45) is 3.97. The van der Waals surface area contributed by atoms with Crippen LogP contribution < -0.4 is 0 Å². The molecule has 0 saturated heterocycles. The smallest absolute Gasteiger partial charge is 0.182 e. The van der Waals surface area contributed by atoms with E-state index in [-0.39, 0.29) is 0 Å². The number of nitrogens with zero attached hydrogens (tertiary/aromatic N) is 4. The van der Waals surface area contributed by atoms with Crippen molar-refractivity contribution in [2.75, 3.05) is 0 Å². The Balaban J connectivity index is 1.72.